The Balaban J connectivity index is 1.65. The molecule has 2 atom stereocenters. The summed E-state index contributed by atoms with van der Waals surface area (Å²) in [5.74, 6) is 1.31. The number of hydrogen-bond donors (Lipinski definition) is 1. The zero-order valence-corrected chi connectivity index (χ0v) is 20.8. The smallest absolute Gasteiger partial charge is 0.243 e. The lowest BCUT2D eigenvalue weighted by atomic mass is 9.49. The van der Waals surface area contributed by atoms with Gasteiger partial charge < -0.3 is 5.32 Å². The average Bonchev–Trinajstić information content (AvgIpc) is 2.63. The Bertz CT molecular complexity index is 957. The number of alkyl halides is 1. The maximum absolute atomic E-state index is 13.6. The topological polar surface area (TPSA) is 66.5 Å². The molecular formula is C23H33BrN2O3S. The number of nitrogens with zero attached hydrogens (tertiary/aromatic N) is 1. The molecule has 1 N–H and O–H groups in total. The first-order valence-corrected chi connectivity index (χ1v) is 13.4. The number of hydrogen-bond acceptors (Lipinski definition) is 3. The predicted molar refractivity (Wildman–Crippen MR) is 123 cm³/mol. The van der Waals surface area contributed by atoms with Crippen molar-refractivity contribution in [1.82, 2.24) is 4.31 Å². The van der Waals surface area contributed by atoms with Crippen LogP contribution in [0, 0.1) is 31.1 Å². The number of amides is 1. The van der Waals surface area contributed by atoms with Crippen LogP contribution in [0.15, 0.2) is 17.0 Å². The van der Waals surface area contributed by atoms with E-state index in [4.69, 9.17) is 0 Å². The van der Waals surface area contributed by atoms with E-state index in [9.17, 15) is 13.2 Å². The van der Waals surface area contributed by atoms with Gasteiger partial charge in [0.15, 0.2) is 0 Å². The molecule has 4 aliphatic carbocycles. The number of anilines is 1. The number of carbonyl (C=O) groups excluding carboxylic acids is 1. The summed E-state index contributed by atoms with van der Waals surface area (Å²) in [5.41, 5.74) is 2.10. The van der Waals surface area contributed by atoms with Gasteiger partial charge in [0, 0.05) is 23.1 Å². The molecule has 30 heavy (non-hydrogen) atoms. The van der Waals surface area contributed by atoms with Crippen molar-refractivity contribution in [2.75, 3.05) is 18.4 Å². The van der Waals surface area contributed by atoms with Crippen LogP contribution in [0.3, 0.4) is 0 Å². The Labute approximate surface area is 189 Å². The molecule has 0 saturated heterocycles. The second kappa shape index (κ2) is 7.59. The van der Waals surface area contributed by atoms with Crippen LogP contribution in [0.1, 0.15) is 63.5 Å². The van der Waals surface area contributed by atoms with Crippen molar-refractivity contribution in [2.24, 2.45) is 17.3 Å². The zero-order chi connectivity index (χ0) is 21.9. The van der Waals surface area contributed by atoms with Gasteiger partial charge in [-0.2, -0.15) is 4.31 Å². The number of aryl methyl sites for hydroxylation is 1. The maximum Gasteiger partial charge on any atom is 0.243 e. The summed E-state index contributed by atoms with van der Waals surface area (Å²) in [6.07, 6.45) is 6.39. The number of sulfonamides is 1. The summed E-state index contributed by atoms with van der Waals surface area (Å²) in [4.78, 5) is 13.8. The number of benzene rings is 1. The molecule has 5 rings (SSSR count). The van der Waals surface area contributed by atoms with Crippen LogP contribution < -0.4 is 5.32 Å². The van der Waals surface area contributed by atoms with E-state index >= 15 is 0 Å². The standard InChI is InChI=1S/C23H33BrN2O3S/c1-5-26(6-2)30(28,29)19-7-15(3)16(4)20(9-19)25-21(27)22-10-17-8-18(11-22)13-23(24,12-17)14-22/h7,9,17-18H,5-6,8,10-14H2,1-4H3,(H,25,27). The molecule has 2 unspecified atom stereocenters. The van der Waals surface area contributed by atoms with Crippen LogP contribution in [0.4, 0.5) is 5.69 Å². The van der Waals surface area contributed by atoms with E-state index in [-0.39, 0.29) is 20.5 Å². The van der Waals surface area contributed by atoms with Crippen LogP contribution in [-0.2, 0) is 14.8 Å². The van der Waals surface area contributed by atoms with Crippen molar-refractivity contribution in [3.05, 3.63) is 23.3 Å². The van der Waals surface area contributed by atoms with Crippen molar-refractivity contribution < 1.29 is 13.2 Å². The van der Waals surface area contributed by atoms with Crippen LogP contribution in [-0.4, -0.2) is 36.0 Å². The number of nitrogens with one attached hydrogen (secondary N) is 1. The Morgan fingerprint density at radius 1 is 1.13 bits per heavy atom. The third kappa shape index (κ3) is 3.65. The van der Waals surface area contributed by atoms with Gasteiger partial charge in [0.2, 0.25) is 15.9 Å². The molecule has 1 amide bonds. The highest BCUT2D eigenvalue weighted by atomic mass is 79.9. The third-order valence-electron chi connectivity index (χ3n) is 7.70. The van der Waals surface area contributed by atoms with E-state index in [1.165, 1.54) is 23.6 Å². The minimum Gasteiger partial charge on any atom is -0.325 e. The van der Waals surface area contributed by atoms with E-state index in [1.54, 1.807) is 12.1 Å². The van der Waals surface area contributed by atoms with Crippen LogP contribution >= 0.6 is 15.9 Å². The molecule has 0 heterocycles. The number of rotatable bonds is 6. The highest BCUT2D eigenvalue weighted by Gasteiger charge is 2.59. The SMILES string of the molecule is CCN(CC)S(=O)(=O)c1cc(C)c(C)c(NC(=O)C23CC4CC(CC(Br)(C4)C2)C3)c1. The summed E-state index contributed by atoms with van der Waals surface area (Å²) >= 11 is 3.98. The van der Waals surface area contributed by atoms with Gasteiger partial charge in [-0.3, -0.25) is 4.79 Å². The molecular weight excluding hydrogens is 464 g/mol. The fourth-order valence-corrected chi connectivity index (χ4v) is 9.51. The molecule has 1 aromatic carbocycles. The summed E-state index contributed by atoms with van der Waals surface area (Å²) < 4.78 is 27.7. The normalized spacial score (nSPS) is 32.6. The van der Waals surface area contributed by atoms with Gasteiger partial charge >= 0.3 is 0 Å². The minimum absolute atomic E-state index is 0.0697. The van der Waals surface area contributed by atoms with Gasteiger partial charge in [-0.1, -0.05) is 29.8 Å². The lowest BCUT2D eigenvalue weighted by Gasteiger charge is -2.59. The molecule has 0 aliphatic heterocycles. The first-order valence-electron chi connectivity index (χ1n) is 11.1. The van der Waals surface area contributed by atoms with E-state index in [0.29, 0.717) is 30.6 Å². The van der Waals surface area contributed by atoms with Crippen LogP contribution in [0.5, 0.6) is 0 Å². The first kappa shape index (κ1) is 22.3. The Kier molecular flexibility index (Phi) is 5.64. The van der Waals surface area contributed by atoms with Crippen molar-refractivity contribution in [3.8, 4) is 0 Å². The first-order chi connectivity index (χ1) is 14.0. The van der Waals surface area contributed by atoms with Crippen LogP contribution in [0.2, 0.25) is 0 Å². The molecule has 7 heteroatoms. The molecule has 4 bridgehead atoms. The number of carbonyl (C=O) groups is 1. The quantitative estimate of drug-likeness (QED) is 0.563. The van der Waals surface area contributed by atoms with Crippen LogP contribution in [0.25, 0.3) is 0 Å². The van der Waals surface area contributed by atoms with Gasteiger partial charge in [0.25, 0.3) is 0 Å². The Morgan fingerprint density at radius 3 is 2.27 bits per heavy atom. The molecule has 166 valence electrons. The molecule has 0 aromatic heterocycles. The molecule has 0 radical (unpaired) electrons. The Hall–Kier alpha value is -0.920. The van der Waals surface area contributed by atoms with Crippen molar-refractivity contribution >= 4 is 37.5 Å². The Morgan fingerprint density at radius 2 is 1.73 bits per heavy atom. The molecule has 1 aromatic rings. The van der Waals surface area contributed by atoms with E-state index in [2.05, 4.69) is 21.2 Å². The monoisotopic (exact) mass is 496 g/mol. The summed E-state index contributed by atoms with van der Waals surface area (Å²) in [7, 11) is -3.58. The van der Waals surface area contributed by atoms with E-state index in [0.717, 1.165) is 30.4 Å². The largest absolute Gasteiger partial charge is 0.325 e. The second-order valence-electron chi connectivity index (χ2n) is 9.85. The maximum atomic E-state index is 13.6. The lowest BCUT2D eigenvalue weighted by Crippen LogP contribution is -2.57. The van der Waals surface area contributed by atoms with E-state index < -0.39 is 10.0 Å². The van der Waals surface area contributed by atoms with Crippen molar-refractivity contribution in [1.29, 1.82) is 0 Å². The average molecular weight is 497 g/mol. The fourth-order valence-electron chi connectivity index (χ4n) is 6.49. The lowest BCUT2D eigenvalue weighted by molar-refractivity contribution is -0.138. The summed E-state index contributed by atoms with van der Waals surface area (Å²) in [6, 6.07) is 3.37. The van der Waals surface area contributed by atoms with Crippen molar-refractivity contribution in [3.63, 3.8) is 0 Å². The molecule has 4 fully saturated rings. The molecule has 0 spiro atoms. The molecule has 5 nitrogen and oxygen atoms in total. The predicted octanol–water partition coefficient (Wildman–Crippen LogP) is 5.01. The van der Waals surface area contributed by atoms with Gasteiger partial charge in [-0.25, -0.2) is 8.42 Å². The fraction of sp³-hybridized carbons (Fsp3) is 0.696. The number of halogens is 1. The molecule has 4 aliphatic rings. The minimum atomic E-state index is -3.58. The van der Waals surface area contributed by atoms with Gasteiger partial charge in [-0.15, -0.1) is 0 Å². The van der Waals surface area contributed by atoms with Gasteiger partial charge in [0.1, 0.15) is 0 Å². The third-order valence-corrected chi connectivity index (χ3v) is 10.7. The van der Waals surface area contributed by atoms with E-state index in [1.807, 2.05) is 27.7 Å². The highest BCUT2D eigenvalue weighted by Crippen LogP contribution is 2.64. The van der Waals surface area contributed by atoms with Gasteiger partial charge in [-0.05, 0) is 87.5 Å². The summed E-state index contributed by atoms with van der Waals surface area (Å²) in [5, 5.41) is 3.17. The zero-order valence-electron chi connectivity index (χ0n) is 18.4. The highest BCUT2D eigenvalue weighted by molar-refractivity contribution is 9.10. The second-order valence-corrected chi connectivity index (χ2v) is 13.5. The summed E-state index contributed by atoms with van der Waals surface area (Å²) in [6.45, 7) is 8.39. The van der Waals surface area contributed by atoms with Gasteiger partial charge in [0.05, 0.1) is 10.3 Å². The van der Waals surface area contributed by atoms with Crippen molar-refractivity contribution in [2.45, 2.75) is 75.4 Å². The molecule has 4 saturated carbocycles.